The van der Waals surface area contributed by atoms with Crippen molar-refractivity contribution in [2.75, 3.05) is 0 Å². The van der Waals surface area contributed by atoms with Crippen molar-refractivity contribution in [2.24, 2.45) is 0 Å². The first kappa shape index (κ1) is 30.0. The molecule has 1 aliphatic carbocycles. The van der Waals surface area contributed by atoms with Gasteiger partial charge >= 0.3 is 6.09 Å². The van der Waals surface area contributed by atoms with Crippen LogP contribution in [0.15, 0.2) is 48.5 Å². The van der Waals surface area contributed by atoms with E-state index in [0.717, 1.165) is 42.4 Å². The van der Waals surface area contributed by atoms with Gasteiger partial charge in [-0.2, -0.15) is 0 Å². The Hall–Kier alpha value is -3.55. The van der Waals surface area contributed by atoms with Gasteiger partial charge in [0.05, 0.1) is 0 Å². The summed E-state index contributed by atoms with van der Waals surface area (Å²) in [6.07, 6.45) is 2.86. The molecule has 0 radical (unpaired) electrons. The van der Waals surface area contributed by atoms with E-state index in [0.29, 0.717) is 0 Å². The van der Waals surface area contributed by atoms with E-state index in [4.69, 9.17) is 4.74 Å². The van der Waals surface area contributed by atoms with Gasteiger partial charge in [-0.25, -0.2) is 4.79 Å². The van der Waals surface area contributed by atoms with E-state index in [1.54, 1.807) is 49.9 Å². The Morgan fingerprint density at radius 3 is 2.05 bits per heavy atom. The Balaban J connectivity index is 2.03. The van der Waals surface area contributed by atoms with Crippen molar-refractivity contribution >= 4 is 17.9 Å². The van der Waals surface area contributed by atoms with Gasteiger partial charge in [0.1, 0.15) is 23.4 Å². The lowest BCUT2D eigenvalue weighted by Gasteiger charge is -2.43. The highest BCUT2D eigenvalue weighted by Crippen LogP contribution is 2.34. The molecular weight excluding hydrogens is 494 g/mol. The molecule has 3 N–H and O–H groups in total. The van der Waals surface area contributed by atoms with E-state index in [2.05, 4.69) is 17.6 Å². The molecular formula is C31H43N3O5. The molecule has 212 valence electrons. The minimum Gasteiger partial charge on any atom is -0.508 e. The molecule has 0 aliphatic heterocycles. The molecule has 8 heteroatoms. The number of alkyl carbamates (subject to hydrolysis) is 1. The average Bonchev–Trinajstić information content (AvgIpc) is 2.81. The van der Waals surface area contributed by atoms with Gasteiger partial charge in [-0.05, 0) is 89.1 Å². The lowest BCUT2D eigenvalue weighted by Crippen LogP contribution is -2.58. The average molecular weight is 538 g/mol. The fourth-order valence-electron chi connectivity index (χ4n) is 4.62. The van der Waals surface area contributed by atoms with Crippen LogP contribution in [-0.2, 0) is 27.2 Å². The molecule has 2 aromatic carbocycles. The molecule has 1 fully saturated rings. The standard InChI is InChI=1S/C31H43N3O5/c1-7-21-11-15-23(16-12-21)27(28(36)32-20(2)3)34(24-9-8-10-24)29(37)26(33-30(38)39-31(4,5)6)19-22-13-17-25(35)18-14-22/h11-18,20,24,26-27,35H,7-10,19H2,1-6H3,(H,32,36)(H,33,38). The van der Waals surface area contributed by atoms with Gasteiger partial charge in [-0.3, -0.25) is 9.59 Å². The summed E-state index contributed by atoms with van der Waals surface area (Å²) in [6, 6.07) is 12.3. The van der Waals surface area contributed by atoms with E-state index in [1.807, 2.05) is 38.1 Å². The highest BCUT2D eigenvalue weighted by atomic mass is 16.6. The Kier molecular flexibility index (Phi) is 10.0. The number of aryl methyl sites for hydroxylation is 1. The van der Waals surface area contributed by atoms with Gasteiger partial charge < -0.3 is 25.4 Å². The molecule has 1 saturated carbocycles. The molecule has 2 aromatic rings. The zero-order valence-corrected chi connectivity index (χ0v) is 24.0. The summed E-state index contributed by atoms with van der Waals surface area (Å²) in [7, 11) is 0. The lowest BCUT2D eigenvalue weighted by atomic mass is 9.87. The smallest absolute Gasteiger partial charge is 0.408 e. The van der Waals surface area contributed by atoms with Crippen LogP contribution in [0.25, 0.3) is 0 Å². The maximum atomic E-state index is 14.4. The first-order valence-corrected chi connectivity index (χ1v) is 13.9. The van der Waals surface area contributed by atoms with Crippen LogP contribution in [0.4, 0.5) is 4.79 Å². The van der Waals surface area contributed by atoms with Crippen molar-refractivity contribution in [1.29, 1.82) is 0 Å². The molecule has 8 nitrogen and oxygen atoms in total. The van der Waals surface area contributed by atoms with Gasteiger partial charge in [-0.1, -0.05) is 43.3 Å². The molecule has 3 amide bonds. The minimum absolute atomic E-state index is 0.110. The van der Waals surface area contributed by atoms with Crippen molar-refractivity contribution in [3.8, 4) is 5.75 Å². The fourth-order valence-corrected chi connectivity index (χ4v) is 4.62. The number of hydrogen-bond acceptors (Lipinski definition) is 5. The molecule has 2 unspecified atom stereocenters. The van der Waals surface area contributed by atoms with Crippen molar-refractivity contribution in [1.82, 2.24) is 15.5 Å². The third-order valence-corrected chi connectivity index (χ3v) is 6.75. The number of ether oxygens (including phenoxy) is 1. The lowest BCUT2D eigenvalue weighted by molar-refractivity contribution is -0.147. The molecule has 0 spiro atoms. The summed E-state index contributed by atoms with van der Waals surface area (Å²) in [4.78, 5) is 42.6. The number of carbonyl (C=O) groups excluding carboxylic acids is 3. The number of benzene rings is 2. The number of nitrogens with one attached hydrogen (secondary N) is 2. The Labute approximate surface area is 232 Å². The van der Waals surface area contributed by atoms with E-state index in [9.17, 15) is 19.5 Å². The molecule has 0 heterocycles. The summed E-state index contributed by atoms with van der Waals surface area (Å²) in [5, 5.41) is 15.5. The predicted octanol–water partition coefficient (Wildman–Crippen LogP) is 5.04. The van der Waals surface area contributed by atoms with Crippen LogP contribution in [-0.4, -0.2) is 51.6 Å². The third-order valence-electron chi connectivity index (χ3n) is 6.75. The maximum absolute atomic E-state index is 14.4. The number of phenolic OH excluding ortho intramolecular Hbond substituents is 1. The number of carbonyl (C=O) groups is 3. The van der Waals surface area contributed by atoms with Crippen LogP contribution in [0.3, 0.4) is 0 Å². The largest absolute Gasteiger partial charge is 0.508 e. The topological polar surface area (TPSA) is 108 Å². The summed E-state index contributed by atoms with van der Waals surface area (Å²) in [6.45, 7) is 11.1. The van der Waals surface area contributed by atoms with Crippen LogP contribution in [0, 0.1) is 0 Å². The zero-order valence-electron chi connectivity index (χ0n) is 24.0. The molecule has 39 heavy (non-hydrogen) atoms. The number of phenols is 1. The molecule has 3 rings (SSSR count). The van der Waals surface area contributed by atoms with Crippen molar-refractivity contribution < 1.29 is 24.2 Å². The SMILES string of the molecule is CCc1ccc(C(C(=O)NC(C)C)N(C(=O)C(Cc2ccc(O)cc2)NC(=O)OC(C)(C)C)C2CCC2)cc1. The van der Waals surface area contributed by atoms with Gasteiger partial charge in [0.15, 0.2) is 0 Å². The Morgan fingerprint density at radius 2 is 1.56 bits per heavy atom. The first-order chi connectivity index (χ1) is 18.4. The quantitative estimate of drug-likeness (QED) is 0.394. The van der Waals surface area contributed by atoms with Crippen molar-refractivity contribution in [2.45, 2.75) is 103 Å². The highest BCUT2D eigenvalue weighted by molar-refractivity contribution is 5.92. The second-order valence-electron chi connectivity index (χ2n) is 11.6. The van der Waals surface area contributed by atoms with Gasteiger partial charge in [0, 0.05) is 18.5 Å². The Bertz CT molecular complexity index is 1120. The van der Waals surface area contributed by atoms with Crippen LogP contribution in [0.5, 0.6) is 5.75 Å². The number of hydrogen-bond donors (Lipinski definition) is 3. The second kappa shape index (κ2) is 13.0. The highest BCUT2D eigenvalue weighted by Gasteiger charge is 2.42. The summed E-state index contributed by atoms with van der Waals surface area (Å²) in [5.74, 6) is -0.490. The number of amides is 3. The number of aromatic hydroxyl groups is 1. The van der Waals surface area contributed by atoms with Crippen LogP contribution >= 0.6 is 0 Å². The molecule has 0 aromatic heterocycles. The molecule has 0 saturated heterocycles. The van der Waals surface area contributed by atoms with Crippen LogP contribution < -0.4 is 10.6 Å². The zero-order chi connectivity index (χ0) is 28.7. The van der Waals surface area contributed by atoms with E-state index in [1.165, 1.54) is 0 Å². The van der Waals surface area contributed by atoms with Gasteiger partial charge in [0.2, 0.25) is 11.8 Å². The fraction of sp³-hybridized carbons (Fsp3) is 0.516. The predicted molar refractivity (Wildman–Crippen MR) is 151 cm³/mol. The maximum Gasteiger partial charge on any atom is 0.408 e. The molecule has 1 aliphatic rings. The molecule has 2 atom stereocenters. The van der Waals surface area contributed by atoms with E-state index in [-0.39, 0.29) is 36.1 Å². The van der Waals surface area contributed by atoms with Crippen molar-refractivity contribution in [3.05, 3.63) is 65.2 Å². The third kappa shape index (κ3) is 8.47. The van der Waals surface area contributed by atoms with Gasteiger partial charge in [0.25, 0.3) is 0 Å². The summed E-state index contributed by atoms with van der Waals surface area (Å²) >= 11 is 0. The Morgan fingerprint density at radius 1 is 0.974 bits per heavy atom. The number of rotatable bonds is 10. The van der Waals surface area contributed by atoms with Crippen LogP contribution in [0.1, 0.15) is 83.5 Å². The number of nitrogens with zero attached hydrogens (tertiary/aromatic N) is 1. The molecule has 0 bridgehead atoms. The van der Waals surface area contributed by atoms with Gasteiger partial charge in [-0.15, -0.1) is 0 Å². The van der Waals surface area contributed by atoms with E-state index < -0.39 is 23.8 Å². The minimum atomic E-state index is -0.978. The monoisotopic (exact) mass is 537 g/mol. The summed E-state index contributed by atoms with van der Waals surface area (Å²) < 4.78 is 5.49. The normalized spacial score (nSPS) is 15.2. The second-order valence-corrected chi connectivity index (χ2v) is 11.6. The first-order valence-electron chi connectivity index (χ1n) is 13.9. The van der Waals surface area contributed by atoms with Crippen molar-refractivity contribution in [3.63, 3.8) is 0 Å². The van der Waals surface area contributed by atoms with Crippen LogP contribution in [0.2, 0.25) is 0 Å². The van der Waals surface area contributed by atoms with E-state index >= 15 is 0 Å². The summed E-state index contributed by atoms with van der Waals surface area (Å²) in [5.41, 5.74) is 1.88.